The van der Waals surface area contributed by atoms with Crippen LogP contribution in [0.25, 0.3) is 0 Å². The second-order valence-corrected chi connectivity index (χ2v) is 2.05. The molecule has 0 aliphatic rings. The SMILES string of the molecule is [2H]C([2H])([NH3+])c1cccc(C)c1.[Cl-]. The van der Waals surface area contributed by atoms with Crippen LogP contribution in [0.3, 0.4) is 0 Å². The van der Waals surface area contributed by atoms with Gasteiger partial charge in [0.25, 0.3) is 0 Å². The van der Waals surface area contributed by atoms with Gasteiger partial charge in [-0.2, -0.15) is 0 Å². The predicted molar refractivity (Wildman–Crippen MR) is 37.8 cm³/mol. The van der Waals surface area contributed by atoms with Crippen molar-refractivity contribution in [3.63, 3.8) is 0 Å². The van der Waals surface area contributed by atoms with E-state index in [2.05, 4.69) is 5.73 Å². The largest absolute Gasteiger partial charge is 1.00 e. The molecule has 0 heterocycles. The van der Waals surface area contributed by atoms with Gasteiger partial charge in [0.15, 0.2) is 0 Å². The summed E-state index contributed by atoms with van der Waals surface area (Å²) in [4.78, 5) is 0. The standard InChI is InChI=1S/C8H11N.ClH/c1-7-3-2-4-8(5-7)6-9;/h2-5H,6,9H2,1H3;1H/i6D2;. The lowest BCUT2D eigenvalue weighted by atomic mass is 10.1. The highest BCUT2D eigenvalue weighted by molar-refractivity contribution is 5.20. The van der Waals surface area contributed by atoms with E-state index in [9.17, 15) is 0 Å². The minimum absolute atomic E-state index is 0. The number of halogens is 1. The lowest BCUT2D eigenvalue weighted by molar-refractivity contribution is -0.386. The first kappa shape index (κ1) is 6.20. The van der Waals surface area contributed by atoms with E-state index in [0.717, 1.165) is 5.56 Å². The number of hydrogen-bond acceptors (Lipinski definition) is 0. The van der Waals surface area contributed by atoms with Crippen LogP contribution in [0.1, 0.15) is 13.9 Å². The van der Waals surface area contributed by atoms with Gasteiger partial charge in [0.05, 0.1) is 9.24 Å². The zero-order valence-electron chi connectivity index (χ0n) is 7.89. The predicted octanol–water partition coefficient (Wildman–Crippen LogP) is -2.26. The van der Waals surface area contributed by atoms with Crippen molar-refractivity contribution in [3.05, 3.63) is 35.4 Å². The molecular weight excluding hydrogens is 146 g/mol. The Labute approximate surface area is 70.5 Å². The highest BCUT2D eigenvalue weighted by Gasteiger charge is 1.88. The molecule has 2 heteroatoms. The fraction of sp³-hybridized carbons (Fsp3) is 0.250. The molecule has 0 saturated heterocycles. The molecule has 0 aliphatic carbocycles. The summed E-state index contributed by atoms with van der Waals surface area (Å²) in [6, 6.07) is 7.34. The summed E-state index contributed by atoms with van der Waals surface area (Å²) >= 11 is 0. The molecule has 0 fully saturated rings. The molecule has 1 aromatic rings. The van der Waals surface area contributed by atoms with Crippen molar-refractivity contribution in [2.24, 2.45) is 0 Å². The Balaban J connectivity index is 0.00000121. The third kappa shape index (κ3) is 2.38. The van der Waals surface area contributed by atoms with Crippen molar-refractivity contribution in [2.75, 3.05) is 0 Å². The molecule has 1 nitrogen and oxygen atoms in total. The maximum absolute atomic E-state index is 7.33. The molecule has 0 amide bonds. The van der Waals surface area contributed by atoms with Crippen molar-refractivity contribution in [1.82, 2.24) is 0 Å². The van der Waals surface area contributed by atoms with E-state index < -0.39 is 6.50 Å². The molecule has 0 bridgehead atoms. The van der Waals surface area contributed by atoms with Crippen LogP contribution in [0.15, 0.2) is 24.3 Å². The summed E-state index contributed by atoms with van der Waals surface area (Å²) < 4.78 is 14.7. The first-order valence-electron chi connectivity index (χ1n) is 3.92. The van der Waals surface area contributed by atoms with Gasteiger partial charge in [-0.05, 0) is 6.92 Å². The Morgan fingerprint density at radius 1 is 1.60 bits per heavy atom. The Morgan fingerprint density at radius 2 is 2.30 bits per heavy atom. The molecule has 10 heavy (non-hydrogen) atoms. The van der Waals surface area contributed by atoms with Gasteiger partial charge in [-0.15, -0.1) is 0 Å². The summed E-state index contributed by atoms with van der Waals surface area (Å²) in [5.41, 5.74) is 5.12. The van der Waals surface area contributed by atoms with Crippen molar-refractivity contribution in [3.8, 4) is 0 Å². The van der Waals surface area contributed by atoms with Crippen LogP contribution in [0.2, 0.25) is 0 Å². The monoisotopic (exact) mass is 159 g/mol. The molecule has 1 aromatic carbocycles. The van der Waals surface area contributed by atoms with E-state index in [0.29, 0.717) is 5.56 Å². The fourth-order valence-corrected chi connectivity index (χ4v) is 0.755. The second-order valence-electron chi connectivity index (χ2n) is 2.05. The minimum Gasteiger partial charge on any atom is -1.00 e. The topological polar surface area (TPSA) is 27.6 Å². The number of aryl methyl sites for hydroxylation is 1. The lowest BCUT2D eigenvalue weighted by Gasteiger charge is -1.93. The van der Waals surface area contributed by atoms with Gasteiger partial charge in [0, 0.05) is 5.56 Å². The Hall–Kier alpha value is -0.530. The van der Waals surface area contributed by atoms with E-state index >= 15 is 0 Å². The second kappa shape index (κ2) is 4.31. The quantitative estimate of drug-likeness (QED) is 0.479. The minimum atomic E-state index is -1.47. The van der Waals surface area contributed by atoms with Crippen LogP contribution in [0.5, 0.6) is 0 Å². The molecule has 3 N–H and O–H groups in total. The first-order valence-corrected chi connectivity index (χ1v) is 2.92. The van der Waals surface area contributed by atoms with Crippen LogP contribution in [-0.2, 0) is 6.50 Å². The Bertz CT molecular complexity index is 257. The van der Waals surface area contributed by atoms with Crippen LogP contribution >= 0.6 is 0 Å². The molecule has 1 rings (SSSR count). The molecule has 0 aromatic heterocycles. The molecular formula is C8H12ClN. The van der Waals surface area contributed by atoms with E-state index in [4.69, 9.17) is 2.74 Å². The van der Waals surface area contributed by atoms with Gasteiger partial charge < -0.3 is 18.1 Å². The number of benzene rings is 1. The summed E-state index contributed by atoms with van der Waals surface area (Å²) in [6.45, 7) is 0.473. The van der Waals surface area contributed by atoms with Gasteiger partial charge in [0.2, 0.25) is 0 Å². The van der Waals surface area contributed by atoms with Crippen LogP contribution in [0, 0.1) is 6.92 Å². The summed E-state index contributed by atoms with van der Waals surface area (Å²) in [6.07, 6.45) is 0. The van der Waals surface area contributed by atoms with Gasteiger partial charge in [0.1, 0.15) is 0 Å². The van der Waals surface area contributed by atoms with Gasteiger partial charge in [-0.25, -0.2) is 0 Å². The van der Waals surface area contributed by atoms with Gasteiger partial charge in [-0.1, -0.05) is 29.8 Å². The summed E-state index contributed by atoms with van der Waals surface area (Å²) in [7, 11) is 0. The van der Waals surface area contributed by atoms with E-state index in [-0.39, 0.29) is 12.4 Å². The normalized spacial score (nSPS) is 13.0. The maximum Gasteiger partial charge on any atom is 0.0997 e. The molecule has 0 unspecified atom stereocenters. The molecule has 56 valence electrons. The molecule has 0 saturated carbocycles. The van der Waals surface area contributed by atoms with Gasteiger partial charge >= 0.3 is 0 Å². The zero-order chi connectivity index (χ0) is 8.48. The van der Waals surface area contributed by atoms with Crippen molar-refractivity contribution < 1.29 is 20.9 Å². The third-order valence-electron chi connectivity index (χ3n) is 1.22. The number of rotatable bonds is 1. The highest BCUT2D eigenvalue weighted by Crippen LogP contribution is 2.00. The van der Waals surface area contributed by atoms with E-state index in [1.54, 1.807) is 6.07 Å². The average Bonchev–Trinajstić information content (AvgIpc) is 1.86. The molecule has 0 atom stereocenters. The van der Waals surface area contributed by atoms with Crippen LogP contribution in [0.4, 0.5) is 0 Å². The first-order chi connectivity index (χ1) is 5.00. The van der Waals surface area contributed by atoms with Crippen LogP contribution in [-0.4, -0.2) is 0 Å². The molecule has 0 spiro atoms. The third-order valence-corrected chi connectivity index (χ3v) is 1.22. The fourth-order valence-electron chi connectivity index (χ4n) is 0.755. The van der Waals surface area contributed by atoms with Crippen molar-refractivity contribution >= 4 is 0 Å². The van der Waals surface area contributed by atoms with Crippen molar-refractivity contribution in [1.29, 1.82) is 0 Å². The summed E-state index contributed by atoms with van der Waals surface area (Å²) in [5, 5.41) is 0. The Kier molecular flexibility index (Phi) is 2.67. The zero-order valence-corrected chi connectivity index (χ0v) is 6.65. The average molecular weight is 160 g/mol. The van der Waals surface area contributed by atoms with Crippen LogP contribution < -0.4 is 18.1 Å². The van der Waals surface area contributed by atoms with E-state index in [1.165, 1.54) is 0 Å². The highest BCUT2D eigenvalue weighted by atomic mass is 35.5. The molecule has 0 aliphatic heterocycles. The number of quaternary nitrogens is 1. The lowest BCUT2D eigenvalue weighted by Crippen LogP contribution is -3.00. The number of hydrogen-bond donors (Lipinski definition) is 1. The van der Waals surface area contributed by atoms with Gasteiger partial charge in [-0.3, -0.25) is 0 Å². The van der Waals surface area contributed by atoms with E-state index in [1.807, 2.05) is 25.1 Å². The summed E-state index contributed by atoms with van der Waals surface area (Å²) in [5.74, 6) is 0. The maximum atomic E-state index is 7.33. The molecule has 0 radical (unpaired) electrons. The Morgan fingerprint density at radius 3 is 2.70 bits per heavy atom. The smallest absolute Gasteiger partial charge is 0.0997 e. The van der Waals surface area contributed by atoms with Crippen molar-refractivity contribution in [2.45, 2.75) is 13.4 Å².